The summed E-state index contributed by atoms with van der Waals surface area (Å²) in [5.74, 6) is 1.13. The number of hydrogen-bond acceptors (Lipinski definition) is 3. The van der Waals surface area contributed by atoms with E-state index in [4.69, 9.17) is 9.84 Å². The summed E-state index contributed by atoms with van der Waals surface area (Å²) in [5, 5.41) is 8.77. The van der Waals surface area contributed by atoms with Crippen LogP contribution in [0.4, 0.5) is 4.79 Å². The van der Waals surface area contributed by atoms with Crippen LogP contribution in [0, 0.1) is 11.8 Å². The third-order valence-electron chi connectivity index (χ3n) is 3.18. The van der Waals surface area contributed by atoms with Gasteiger partial charge in [0, 0.05) is 19.7 Å². The van der Waals surface area contributed by atoms with E-state index >= 15 is 0 Å². The predicted molar refractivity (Wildman–Crippen MR) is 66.8 cm³/mol. The second kappa shape index (κ2) is 5.71. The van der Waals surface area contributed by atoms with Crippen molar-refractivity contribution in [2.75, 3.05) is 19.7 Å². The molecule has 17 heavy (non-hydrogen) atoms. The monoisotopic (exact) mass is 243 g/mol. The van der Waals surface area contributed by atoms with Gasteiger partial charge in [0.25, 0.3) is 0 Å². The van der Waals surface area contributed by atoms with Gasteiger partial charge in [-0.2, -0.15) is 0 Å². The molecule has 1 fully saturated rings. The first-order valence-corrected chi connectivity index (χ1v) is 6.42. The Morgan fingerprint density at radius 2 is 2.06 bits per heavy atom. The van der Waals surface area contributed by atoms with Crippen molar-refractivity contribution in [2.45, 2.75) is 46.1 Å². The number of nitrogens with zero attached hydrogens (tertiary/aromatic N) is 1. The van der Waals surface area contributed by atoms with Crippen molar-refractivity contribution in [2.24, 2.45) is 11.8 Å². The maximum absolute atomic E-state index is 11.7. The smallest absolute Gasteiger partial charge is 0.410 e. The van der Waals surface area contributed by atoms with Crippen LogP contribution < -0.4 is 0 Å². The van der Waals surface area contributed by atoms with Crippen LogP contribution in [-0.4, -0.2) is 41.4 Å². The van der Waals surface area contributed by atoms with Crippen molar-refractivity contribution in [3.05, 3.63) is 0 Å². The Morgan fingerprint density at radius 1 is 1.47 bits per heavy atom. The molecule has 0 spiro atoms. The Balaban J connectivity index is 2.24. The van der Waals surface area contributed by atoms with Crippen LogP contribution >= 0.6 is 0 Å². The maximum atomic E-state index is 11.7. The normalized spacial score (nSPS) is 18.8. The van der Waals surface area contributed by atoms with Gasteiger partial charge >= 0.3 is 6.09 Å². The van der Waals surface area contributed by atoms with Gasteiger partial charge in [-0.05, 0) is 45.4 Å². The van der Waals surface area contributed by atoms with E-state index in [0.29, 0.717) is 11.8 Å². The summed E-state index contributed by atoms with van der Waals surface area (Å²) in [6, 6.07) is 0. The zero-order chi connectivity index (χ0) is 13.1. The molecule has 4 heteroatoms. The van der Waals surface area contributed by atoms with Crippen molar-refractivity contribution < 1.29 is 14.6 Å². The molecule has 0 radical (unpaired) electrons. The SMILES string of the molecule is CC(CCCO)C1CN(C(=O)OC(C)(C)C)C1. The number of carbonyl (C=O) groups excluding carboxylic acids is 1. The van der Waals surface area contributed by atoms with Gasteiger partial charge in [0.2, 0.25) is 0 Å². The van der Waals surface area contributed by atoms with Crippen LogP contribution in [0.3, 0.4) is 0 Å². The summed E-state index contributed by atoms with van der Waals surface area (Å²) >= 11 is 0. The average molecular weight is 243 g/mol. The van der Waals surface area contributed by atoms with E-state index in [1.807, 2.05) is 20.8 Å². The zero-order valence-corrected chi connectivity index (χ0v) is 11.4. The Hall–Kier alpha value is -0.770. The Morgan fingerprint density at radius 3 is 2.53 bits per heavy atom. The average Bonchev–Trinajstić information content (AvgIpc) is 2.09. The maximum Gasteiger partial charge on any atom is 0.410 e. The van der Waals surface area contributed by atoms with E-state index in [-0.39, 0.29) is 12.7 Å². The highest BCUT2D eigenvalue weighted by Crippen LogP contribution is 2.28. The van der Waals surface area contributed by atoms with Gasteiger partial charge in [-0.1, -0.05) is 6.92 Å². The molecule has 1 amide bonds. The molecular weight excluding hydrogens is 218 g/mol. The van der Waals surface area contributed by atoms with Gasteiger partial charge < -0.3 is 14.7 Å². The molecule has 1 rings (SSSR count). The highest BCUT2D eigenvalue weighted by atomic mass is 16.6. The van der Waals surface area contributed by atoms with Crippen LogP contribution in [0.25, 0.3) is 0 Å². The summed E-state index contributed by atoms with van der Waals surface area (Å²) in [7, 11) is 0. The molecule has 1 N–H and O–H groups in total. The minimum absolute atomic E-state index is 0.205. The van der Waals surface area contributed by atoms with Gasteiger partial charge in [-0.3, -0.25) is 0 Å². The second-order valence-corrected chi connectivity index (χ2v) is 5.99. The third kappa shape index (κ3) is 4.54. The zero-order valence-electron chi connectivity index (χ0n) is 11.4. The Bertz CT molecular complexity index is 254. The highest BCUT2D eigenvalue weighted by Gasteiger charge is 2.36. The molecular formula is C13H25NO3. The number of carbonyl (C=O) groups is 1. The fourth-order valence-corrected chi connectivity index (χ4v) is 2.00. The molecule has 1 aliphatic rings. The molecule has 0 aliphatic carbocycles. The van der Waals surface area contributed by atoms with Gasteiger partial charge in [-0.25, -0.2) is 4.79 Å². The quantitative estimate of drug-likeness (QED) is 0.824. The fraction of sp³-hybridized carbons (Fsp3) is 0.923. The van der Waals surface area contributed by atoms with Crippen molar-refractivity contribution in [3.63, 3.8) is 0 Å². The Labute approximate surface area is 104 Å². The van der Waals surface area contributed by atoms with E-state index in [9.17, 15) is 4.79 Å². The molecule has 0 aromatic carbocycles. The molecule has 1 unspecified atom stereocenters. The predicted octanol–water partition coefficient (Wildman–Crippen LogP) is 2.26. The van der Waals surface area contributed by atoms with Gasteiger partial charge in [0.05, 0.1) is 0 Å². The molecule has 1 aliphatic heterocycles. The lowest BCUT2D eigenvalue weighted by Gasteiger charge is -2.42. The van der Waals surface area contributed by atoms with Gasteiger partial charge in [0.1, 0.15) is 5.60 Å². The molecule has 100 valence electrons. The molecule has 0 saturated carbocycles. The topological polar surface area (TPSA) is 49.8 Å². The van der Waals surface area contributed by atoms with Crippen LogP contribution in [0.15, 0.2) is 0 Å². The lowest BCUT2D eigenvalue weighted by molar-refractivity contribution is -0.0105. The number of likely N-dealkylation sites (tertiary alicyclic amines) is 1. The lowest BCUT2D eigenvalue weighted by Crippen LogP contribution is -2.53. The fourth-order valence-electron chi connectivity index (χ4n) is 2.00. The number of rotatable bonds is 4. The van der Waals surface area contributed by atoms with E-state index in [1.165, 1.54) is 0 Å². The van der Waals surface area contributed by atoms with Crippen molar-refractivity contribution in [1.29, 1.82) is 0 Å². The summed E-state index contributed by atoms with van der Waals surface area (Å²) in [6.07, 6.45) is 1.68. The lowest BCUT2D eigenvalue weighted by atomic mass is 9.84. The summed E-state index contributed by atoms with van der Waals surface area (Å²) in [6.45, 7) is 9.67. The van der Waals surface area contributed by atoms with Gasteiger partial charge in [-0.15, -0.1) is 0 Å². The van der Waals surface area contributed by atoms with Crippen LogP contribution in [0.5, 0.6) is 0 Å². The number of aliphatic hydroxyl groups is 1. The second-order valence-electron chi connectivity index (χ2n) is 5.99. The number of hydrogen-bond donors (Lipinski definition) is 1. The first-order valence-electron chi connectivity index (χ1n) is 6.42. The molecule has 0 aromatic heterocycles. The molecule has 0 bridgehead atoms. The van der Waals surface area contributed by atoms with Gasteiger partial charge in [0.15, 0.2) is 0 Å². The number of ether oxygens (including phenoxy) is 1. The number of amides is 1. The Kier molecular flexibility index (Phi) is 4.80. The van der Waals surface area contributed by atoms with Crippen LogP contribution in [0.1, 0.15) is 40.5 Å². The molecule has 4 nitrogen and oxygen atoms in total. The first kappa shape index (κ1) is 14.3. The van der Waals surface area contributed by atoms with E-state index in [2.05, 4.69) is 6.92 Å². The van der Waals surface area contributed by atoms with Crippen molar-refractivity contribution in [3.8, 4) is 0 Å². The first-order chi connectivity index (χ1) is 7.83. The minimum Gasteiger partial charge on any atom is -0.444 e. The highest BCUT2D eigenvalue weighted by molar-refractivity contribution is 5.69. The van der Waals surface area contributed by atoms with E-state index in [0.717, 1.165) is 25.9 Å². The largest absolute Gasteiger partial charge is 0.444 e. The minimum atomic E-state index is -0.412. The summed E-state index contributed by atoms with van der Waals surface area (Å²) < 4.78 is 5.30. The summed E-state index contributed by atoms with van der Waals surface area (Å²) in [5.41, 5.74) is -0.412. The molecule has 1 saturated heterocycles. The molecule has 1 heterocycles. The van der Waals surface area contributed by atoms with E-state index in [1.54, 1.807) is 4.90 Å². The number of aliphatic hydroxyl groups excluding tert-OH is 1. The van der Waals surface area contributed by atoms with Crippen LogP contribution in [-0.2, 0) is 4.74 Å². The summed E-state index contributed by atoms with van der Waals surface area (Å²) in [4.78, 5) is 13.4. The molecule has 1 atom stereocenters. The van der Waals surface area contributed by atoms with Crippen LogP contribution in [0.2, 0.25) is 0 Å². The molecule has 0 aromatic rings. The van der Waals surface area contributed by atoms with E-state index < -0.39 is 5.60 Å². The standard InChI is InChI=1S/C13H25NO3/c1-10(6-5-7-15)11-8-14(9-11)12(16)17-13(2,3)4/h10-11,15H,5-9H2,1-4H3. The third-order valence-corrected chi connectivity index (χ3v) is 3.18. The van der Waals surface area contributed by atoms with Crippen molar-refractivity contribution >= 4 is 6.09 Å². The van der Waals surface area contributed by atoms with Crippen molar-refractivity contribution in [1.82, 2.24) is 4.90 Å².